The maximum absolute atomic E-state index is 12.7. The molecule has 2 aromatic heterocycles. The third-order valence-corrected chi connectivity index (χ3v) is 4.64. The molecule has 3 rings (SSSR count). The summed E-state index contributed by atoms with van der Waals surface area (Å²) < 4.78 is 3.99. The number of amides is 1. The molecule has 1 unspecified atom stereocenters. The molecule has 0 aliphatic rings. The van der Waals surface area contributed by atoms with Gasteiger partial charge >= 0.3 is 0 Å². The molecule has 0 saturated carbocycles. The molecule has 0 aliphatic carbocycles. The maximum atomic E-state index is 12.7. The minimum absolute atomic E-state index is 0.284. The highest BCUT2D eigenvalue weighted by atomic mass is 79.9. The van der Waals surface area contributed by atoms with Crippen LogP contribution in [-0.2, 0) is 4.79 Å². The van der Waals surface area contributed by atoms with Gasteiger partial charge in [0.05, 0.1) is 28.2 Å². The first-order chi connectivity index (χ1) is 12.0. The molecule has 1 atom stereocenters. The molecule has 0 bridgehead atoms. The van der Waals surface area contributed by atoms with Crippen molar-refractivity contribution in [2.24, 2.45) is 0 Å². The van der Waals surface area contributed by atoms with Gasteiger partial charge in [0.15, 0.2) is 5.82 Å². The fraction of sp³-hybridized carbons (Fsp3) is 0.176. The lowest BCUT2D eigenvalue weighted by Crippen LogP contribution is -2.26. The van der Waals surface area contributed by atoms with E-state index in [1.807, 2.05) is 37.3 Å². The van der Waals surface area contributed by atoms with Crippen molar-refractivity contribution < 1.29 is 4.79 Å². The lowest BCUT2D eigenvalue weighted by molar-refractivity contribution is -0.119. The quantitative estimate of drug-likeness (QED) is 0.730. The summed E-state index contributed by atoms with van der Waals surface area (Å²) in [7, 11) is 0. The van der Waals surface area contributed by atoms with Crippen LogP contribution >= 0.6 is 15.9 Å². The Morgan fingerprint density at radius 1 is 1.28 bits per heavy atom. The summed E-state index contributed by atoms with van der Waals surface area (Å²) in [5.74, 6) is 0.0577. The average Bonchev–Trinajstić information content (AvgIpc) is 3.18. The molecule has 0 radical (unpaired) electrons. The summed E-state index contributed by atoms with van der Waals surface area (Å²) >= 11 is 3.39. The van der Waals surface area contributed by atoms with Crippen LogP contribution in [-0.4, -0.2) is 25.5 Å². The number of rotatable bonds is 4. The van der Waals surface area contributed by atoms with Gasteiger partial charge in [0, 0.05) is 0 Å². The third kappa shape index (κ3) is 3.19. The smallest absolute Gasteiger partial charge is 0.250 e. The molecule has 1 aromatic carbocycles. The molecule has 7 nitrogen and oxygen atoms in total. The standard InChI is InChI=1S/C17H15BrN6O/c1-11-15(18)10-21-23(11)12(2)17(25)22-16-13(8-19)9-20-24(16)14-6-4-3-5-7-14/h3-7,9-10,12H,1-2H3,(H,22,25). The van der Waals surface area contributed by atoms with E-state index in [9.17, 15) is 10.1 Å². The van der Waals surface area contributed by atoms with Gasteiger partial charge in [-0.15, -0.1) is 0 Å². The first-order valence-corrected chi connectivity index (χ1v) is 8.36. The fourth-order valence-electron chi connectivity index (χ4n) is 2.44. The van der Waals surface area contributed by atoms with Crippen LogP contribution in [0.2, 0.25) is 0 Å². The van der Waals surface area contributed by atoms with Gasteiger partial charge in [0.2, 0.25) is 5.91 Å². The van der Waals surface area contributed by atoms with Crippen molar-refractivity contribution in [3.63, 3.8) is 0 Å². The van der Waals surface area contributed by atoms with Crippen molar-refractivity contribution in [3.05, 3.63) is 58.5 Å². The largest absolute Gasteiger partial charge is 0.308 e. The Hall–Kier alpha value is -2.92. The first kappa shape index (κ1) is 16.9. The summed E-state index contributed by atoms with van der Waals surface area (Å²) in [4.78, 5) is 12.7. The second kappa shape index (κ2) is 6.91. The molecule has 1 amide bonds. The first-order valence-electron chi connectivity index (χ1n) is 7.57. The Bertz CT molecular complexity index is 953. The van der Waals surface area contributed by atoms with Crippen LogP contribution in [0, 0.1) is 18.3 Å². The highest BCUT2D eigenvalue weighted by molar-refractivity contribution is 9.10. The summed E-state index contributed by atoms with van der Waals surface area (Å²) in [6.45, 7) is 3.62. The van der Waals surface area contributed by atoms with E-state index in [-0.39, 0.29) is 5.91 Å². The normalized spacial score (nSPS) is 11.8. The van der Waals surface area contributed by atoms with Gasteiger partial charge in [-0.1, -0.05) is 18.2 Å². The van der Waals surface area contributed by atoms with Crippen molar-refractivity contribution in [1.29, 1.82) is 5.26 Å². The Balaban J connectivity index is 1.92. The molecule has 1 N–H and O–H groups in total. The summed E-state index contributed by atoms with van der Waals surface area (Å²) in [5, 5.41) is 20.5. The molecule has 8 heteroatoms. The van der Waals surface area contributed by atoms with Crippen LogP contribution in [0.5, 0.6) is 0 Å². The number of halogens is 1. The molecule has 0 saturated heterocycles. The van der Waals surface area contributed by atoms with Crippen LogP contribution in [0.3, 0.4) is 0 Å². The molecule has 25 heavy (non-hydrogen) atoms. The maximum Gasteiger partial charge on any atom is 0.250 e. The van der Waals surface area contributed by atoms with E-state index in [0.717, 1.165) is 15.9 Å². The SMILES string of the molecule is Cc1c(Br)cnn1C(C)C(=O)Nc1c(C#N)cnn1-c1ccccc1. The number of carbonyl (C=O) groups is 1. The lowest BCUT2D eigenvalue weighted by atomic mass is 10.2. The zero-order chi connectivity index (χ0) is 18.0. The number of nitrogens with one attached hydrogen (secondary N) is 1. The molecule has 0 fully saturated rings. The molecule has 0 spiro atoms. The highest BCUT2D eigenvalue weighted by Crippen LogP contribution is 2.23. The Morgan fingerprint density at radius 2 is 2.00 bits per heavy atom. The minimum Gasteiger partial charge on any atom is -0.308 e. The molecule has 0 aliphatic heterocycles. The number of nitriles is 1. The molecule has 3 aromatic rings. The summed E-state index contributed by atoms with van der Waals surface area (Å²) in [6, 6.07) is 10.8. The molecular formula is C17H15BrN6O. The Labute approximate surface area is 153 Å². The van der Waals surface area contributed by atoms with Gasteiger partial charge in [-0.3, -0.25) is 9.48 Å². The zero-order valence-electron chi connectivity index (χ0n) is 13.6. The monoisotopic (exact) mass is 398 g/mol. The molecule has 2 heterocycles. The van der Waals surface area contributed by atoms with Crippen molar-refractivity contribution in [2.45, 2.75) is 19.9 Å². The van der Waals surface area contributed by atoms with Crippen molar-refractivity contribution in [1.82, 2.24) is 19.6 Å². The number of hydrogen-bond acceptors (Lipinski definition) is 4. The van der Waals surface area contributed by atoms with Gasteiger partial charge in [-0.05, 0) is 41.9 Å². The molecular weight excluding hydrogens is 384 g/mol. The summed E-state index contributed by atoms with van der Waals surface area (Å²) in [5.41, 5.74) is 1.90. The van der Waals surface area contributed by atoms with Gasteiger partial charge in [0.1, 0.15) is 17.7 Å². The number of benzene rings is 1. The Kier molecular flexibility index (Phi) is 4.67. The minimum atomic E-state index is -0.544. The van der Waals surface area contributed by atoms with E-state index in [1.165, 1.54) is 10.9 Å². The number of nitrogens with zero attached hydrogens (tertiary/aromatic N) is 5. The fourth-order valence-corrected chi connectivity index (χ4v) is 2.71. The third-order valence-electron chi connectivity index (χ3n) is 3.86. The van der Waals surface area contributed by atoms with Crippen molar-refractivity contribution in [2.75, 3.05) is 5.32 Å². The van der Waals surface area contributed by atoms with Gasteiger partial charge < -0.3 is 5.32 Å². The Morgan fingerprint density at radius 3 is 2.60 bits per heavy atom. The van der Waals surface area contributed by atoms with E-state index in [0.29, 0.717) is 11.4 Å². The number of anilines is 1. The summed E-state index contributed by atoms with van der Waals surface area (Å²) in [6.07, 6.45) is 3.08. The molecule has 126 valence electrons. The van der Waals surface area contributed by atoms with Gasteiger partial charge in [0.25, 0.3) is 0 Å². The van der Waals surface area contributed by atoms with E-state index >= 15 is 0 Å². The zero-order valence-corrected chi connectivity index (χ0v) is 15.2. The second-order valence-electron chi connectivity index (χ2n) is 5.45. The van der Waals surface area contributed by atoms with Crippen LogP contribution < -0.4 is 5.32 Å². The van der Waals surface area contributed by atoms with Gasteiger partial charge in [-0.2, -0.15) is 15.5 Å². The van der Waals surface area contributed by atoms with Gasteiger partial charge in [-0.25, -0.2) is 4.68 Å². The van der Waals surface area contributed by atoms with Crippen LogP contribution in [0.1, 0.15) is 24.2 Å². The van der Waals surface area contributed by atoms with Crippen LogP contribution in [0.4, 0.5) is 5.82 Å². The number of hydrogen-bond donors (Lipinski definition) is 1. The average molecular weight is 399 g/mol. The van der Waals surface area contributed by atoms with E-state index in [1.54, 1.807) is 17.8 Å². The predicted octanol–water partition coefficient (Wildman–Crippen LogP) is 3.21. The van der Waals surface area contributed by atoms with E-state index < -0.39 is 6.04 Å². The van der Waals surface area contributed by atoms with Crippen molar-refractivity contribution in [3.8, 4) is 11.8 Å². The topological polar surface area (TPSA) is 88.5 Å². The number of para-hydroxylation sites is 1. The van der Waals surface area contributed by atoms with Crippen molar-refractivity contribution >= 4 is 27.7 Å². The van der Waals surface area contributed by atoms with E-state index in [4.69, 9.17) is 0 Å². The predicted molar refractivity (Wildman–Crippen MR) is 96.3 cm³/mol. The van der Waals surface area contributed by atoms with Crippen LogP contribution in [0.15, 0.2) is 47.2 Å². The number of carbonyl (C=O) groups excluding carboxylic acids is 1. The van der Waals surface area contributed by atoms with Crippen LogP contribution in [0.25, 0.3) is 5.69 Å². The number of aromatic nitrogens is 4. The lowest BCUT2D eigenvalue weighted by Gasteiger charge is -2.15. The van der Waals surface area contributed by atoms with E-state index in [2.05, 4.69) is 37.5 Å². The second-order valence-corrected chi connectivity index (χ2v) is 6.31. The highest BCUT2D eigenvalue weighted by Gasteiger charge is 2.22.